The van der Waals surface area contributed by atoms with Gasteiger partial charge in [-0.05, 0) is 45.3 Å². The molecule has 0 bridgehead atoms. The number of carbonyl (C=O) groups is 2. The third kappa shape index (κ3) is 3.45. The van der Waals surface area contributed by atoms with Crippen molar-refractivity contribution in [2.45, 2.75) is 12.5 Å². The van der Waals surface area contributed by atoms with Crippen molar-refractivity contribution in [2.24, 2.45) is 5.73 Å². The van der Waals surface area contributed by atoms with Crippen molar-refractivity contribution in [1.29, 1.82) is 0 Å². The Morgan fingerprint density at radius 3 is 1.89 bits per heavy atom. The zero-order chi connectivity index (χ0) is 19.5. The van der Waals surface area contributed by atoms with Gasteiger partial charge in [-0.25, -0.2) is 0 Å². The number of hydrogen-bond donors (Lipinski definition) is 2. The van der Waals surface area contributed by atoms with Crippen LogP contribution >= 0.6 is 0 Å². The molecule has 0 aliphatic heterocycles. The van der Waals surface area contributed by atoms with Crippen LogP contribution in [0.5, 0.6) is 0 Å². The second-order valence-electron chi connectivity index (χ2n) is 6.80. The molecule has 4 rings (SSSR count). The number of fused-ring (bicyclic) bond motifs is 2. The third-order valence-corrected chi connectivity index (χ3v) is 4.98. The number of primary amides is 1. The number of carbonyl (C=O) groups excluding carboxylic acids is 2. The Hall–Kier alpha value is -3.66. The van der Waals surface area contributed by atoms with Crippen molar-refractivity contribution >= 4 is 33.4 Å². The Morgan fingerprint density at radius 1 is 0.786 bits per heavy atom. The third-order valence-electron chi connectivity index (χ3n) is 4.98. The SMILES string of the molecule is NC(=O)[C@@H](Cc1c2ccccc2cc2ccccc12)NC(=O)c1ccccc1. The van der Waals surface area contributed by atoms with E-state index in [0.717, 1.165) is 27.1 Å². The van der Waals surface area contributed by atoms with Crippen molar-refractivity contribution in [3.63, 3.8) is 0 Å². The summed E-state index contributed by atoms with van der Waals surface area (Å²) in [4.78, 5) is 24.7. The zero-order valence-corrected chi connectivity index (χ0v) is 15.3. The van der Waals surface area contributed by atoms with Gasteiger partial charge in [-0.3, -0.25) is 9.59 Å². The summed E-state index contributed by atoms with van der Waals surface area (Å²) in [5.41, 5.74) is 7.15. The number of benzene rings is 4. The van der Waals surface area contributed by atoms with E-state index in [2.05, 4.69) is 11.4 Å². The first-order valence-electron chi connectivity index (χ1n) is 9.18. The maximum absolute atomic E-state index is 12.6. The highest BCUT2D eigenvalue weighted by molar-refractivity contribution is 6.03. The second-order valence-corrected chi connectivity index (χ2v) is 6.80. The number of nitrogens with one attached hydrogen (secondary N) is 1. The minimum absolute atomic E-state index is 0.311. The van der Waals surface area contributed by atoms with E-state index in [1.165, 1.54) is 0 Å². The summed E-state index contributed by atoms with van der Waals surface area (Å²) in [5.74, 6) is -0.866. The van der Waals surface area contributed by atoms with Crippen molar-refractivity contribution in [3.05, 3.63) is 96.1 Å². The summed E-state index contributed by atoms with van der Waals surface area (Å²) < 4.78 is 0. The van der Waals surface area contributed by atoms with Crippen LogP contribution in [0.2, 0.25) is 0 Å². The Bertz CT molecular complexity index is 1120. The number of hydrogen-bond acceptors (Lipinski definition) is 2. The number of rotatable bonds is 5. The largest absolute Gasteiger partial charge is 0.368 e. The van der Waals surface area contributed by atoms with Gasteiger partial charge in [0.2, 0.25) is 5.91 Å². The molecule has 28 heavy (non-hydrogen) atoms. The highest BCUT2D eigenvalue weighted by Gasteiger charge is 2.21. The molecule has 0 aliphatic carbocycles. The Kier molecular flexibility index (Phi) is 4.77. The molecule has 0 spiro atoms. The molecule has 2 amide bonds. The monoisotopic (exact) mass is 368 g/mol. The van der Waals surface area contributed by atoms with E-state index >= 15 is 0 Å². The van der Waals surface area contributed by atoms with Gasteiger partial charge in [-0.15, -0.1) is 0 Å². The van der Waals surface area contributed by atoms with Crippen LogP contribution in [0, 0.1) is 0 Å². The van der Waals surface area contributed by atoms with Crippen LogP contribution in [-0.2, 0) is 11.2 Å². The number of amides is 2. The van der Waals surface area contributed by atoms with Gasteiger partial charge in [-0.1, -0.05) is 66.7 Å². The molecule has 4 nitrogen and oxygen atoms in total. The first-order chi connectivity index (χ1) is 13.6. The average molecular weight is 368 g/mol. The van der Waals surface area contributed by atoms with Gasteiger partial charge in [0.25, 0.3) is 5.91 Å². The van der Waals surface area contributed by atoms with Crippen LogP contribution in [0.1, 0.15) is 15.9 Å². The summed E-state index contributed by atoms with van der Waals surface area (Å²) in [6, 6.07) is 26.3. The van der Waals surface area contributed by atoms with Gasteiger partial charge in [0.05, 0.1) is 0 Å². The topological polar surface area (TPSA) is 72.2 Å². The molecular formula is C24H20N2O2. The predicted octanol–water partition coefficient (Wildman–Crippen LogP) is 3.82. The molecule has 4 aromatic rings. The average Bonchev–Trinajstić information content (AvgIpc) is 2.73. The van der Waals surface area contributed by atoms with Gasteiger partial charge < -0.3 is 11.1 Å². The Balaban J connectivity index is 1.75. The first-order valence-corrected chi connectivity index (χ1v) is 9.18. The highest BCUT2D eigenvalue weighted by Crippen LogP contribution is 2.29. The maximum Gasteiger partial charge on any atom is 0.251 e. The minimum Gasteiger partial charge on any atom is -0.368 e. The lowest BCUT2D eigenvalue weighted by molar-refractivity contribution is -0.119. The lowest BCUT2D eigenvalue weighted by Crippen LogP contribution is -2.45. The van der Waals surface area contributed by atoms with Gasteiger partial charge in [0, 0.05) is 12.0 Å². The van der Waals surface area contributed by atoms with Crippen LogP contribution in [0.25, 0.3) is 21.5 Å². The molecule has 138 valence electrons. The molecule has 0 aromatic heterocycles. The predicted molar refractivity (Wildman–Crippen MR) is 112 cm³/mol. The van der Waals surface area contributed by atoms with E-state index in [0.29, 0.717) is 12.0 Å². The first kappa shape index (κ1) is 17.7. The Morgan fingerprint density at radius 2 is 1.32 bits per heavy atom. The van der Waals surface area contributed by atoms with Gasteiger partial charge in [0.15, 0.2) is 0 Å². The smallest absolute Gasteiger partial charge is 0.251 e. The summed E-state index contributed by atoms with van der Waals surface area (Å²) in [7, 11) is 0. The van der Waals surface area contributed by atoms with Crippen LogP contribution in [0.3, 0.4) is 0 Å². The van der Waals surface area contributed by atoms with E-state index in [1.807, 2.05) is 54.6 Å². The molecule has 3 N–H and O–H groups in total. The van der Waals surface area contributed by atoms with E-state index < -0.39 is 11.9 Å². The summed E-state index contributed by atoms with van der Waals surface area (Å²) in [6.45, 7) is 0. The van der Waals surface area contributed by atoms with Crippen molar-refractivity contribution in [1.82, 2.24) is 5.32 Å². The molecule has 4 aromatic carbocycles. The molecule has 0 saturated carbocycles. The van der Waals surface area contributed by atoms with E-state index in [1.54, 1.807) is 24.3 Å². The van der Waals surface area contributed by atoms with Gasteiger partial charge >= 0.3 is 0 Å². The molecule has 0 heterocycles. The van der Waals surface area contributed by atoms with Gasteiger partial charge in [-0.2, -0.15) is 0 Å². The fourth-order valence-electron chi connectivity index (χ4n) is 3.59. The van der Waals surface area contributed by atoms with Crippen LogP contribution in [0.15, 0.2) is 84.9 Å². The van der Waals surface area contributed by atoms with Crippen molar-refractivity contribution in [3.8, 4) is 0 Å². The molecular weight excluding hydrogens is 348 g/mol. The normalized spacial score (nSPS) is 12.0. The molecule has 0 fully saturated rings. The van der Waals surface area contributed by atoms with E-state index in [4.69, 9.17) is 5.73 Å². The maximum atomic E-state index is 12.6. The fourth-order valence-corrected chi connectivity index (χ4v) is 3.59. The van der Waals surface area contributed by atoms with Gasteiger partial charge in [0.1, 0.15) is 6.04 Å². The van der Waals surface area contributed by atoms with E-state index in [-0.39, 0.29) is 5.91 Å². The van der Waals surface area contributed by atoms with Crippen LogP contribution in [-0.4, -0.2) is 17.9 Å². The summed E-state index contributed by atoms with van der Waals surface area (Å²) in [5, 5.41) is 7.09. The number of nitrogens with two attached hydrogens (primary N) is 1. The molecule has 0 aliphatic rings. The molecule has 0 saturated heterocycles. The molecule has 4 heteroatoms. The molecule has 1 atom stereocenters. The summed E-state index contributed by atoms with van der Waals surface area (Å²) >= 11 is 0. The van der Waals surface area contributed by atoms with Crippen molar-refractivity contribution < 1.29 is 9.59 Å². The standard InChI is InChI=1S/C24H20N2O2/c25-23(27)22(26-24(28)16-8-2-1-3-9-16)15-21-19-12-6-4-10-17(19)14-18-11-5-7-13-20(18)21/h1-14,22H,15H2,(H2,25,27)(H,26,28)/t22-/m1/s1. The lowest BCUT2D eigenvalue weighted by atomic mass is 9.92. The summed E-state index contributed by atoms with van der Waals surface area (Å²) in [6.07, 6.45) is 0.329. The Labute approximate surface area is 163 Å². The van der Waals surface area contributed by atoms with E-state index in [9.17, 15) is 9.59 Å². The van der Waals surface area contributed by atoms with Crippen LogP contribution < -0.4 is 11.1 Å². The fraction of sp³-hybridized carbons (Fsp3) is 0.0833. The highest BCUT2D eigenvalue weighted by atomic mass is 16.2. The minimum atomic E-state index is -0.804. The quantitative estimate of drug-likeness (QED) is 0.526. The van der Waals surface area contributed by atoms with Crippen molar-refractivity contribution in [2.75, 3.05) is 0 Å². The molecule has 0 unspecified atom stereocenters. The molecule has 0 radical (unpaired) electrons. The second kappa shape index (κ2) is 7.53. The van der Waals surface area contributed by atoms with Crippen LogP contribution in [0.4, 0.5) is 0 Å². The lowest BCUT2D eigenvalue weighted by Gasteiger charge is -2.19. The zero-order valence-electron chi connectivity index (χ0n) is 15.3.